The molecule has 6 nitrogen and oxygen atoms in total. The second-order valence-corrected chi connectivity index (χ2v) is 8.71. The van der Waals surface area contributed by atoms with E-state index in [1.165, 1.54) is 13.8 Å². The van der Waals surface area contributed by atoms with Crippen molar-refractivity contribution in [2.75, 3.05) is 0 Å². The molecule has 1 aliphatic heterocycles. The van der Waals surface area contributed by atoms with Crippen LogP contribution in [0.25, 0.3) is 16.9 Å². The molecule has 0 unspecified atom stereocenters. The van der Waals surface area contributed by atoms with Crippen molar-refractivity contribution in [2.24, 2.45) is 0 Å². The van der Waals surface area contributed by atoms with Crippen molar-refractivity contribution >= 4 is 23.3 Å². The normalized spacial score (nSPS) is 14.7. The Balaban J connectivity index is 1.76. The first-order valence-corrected chi connectivity index (χ1v) is 11.4. The Kier molecular flexibility index (Phi) is 5.86. The zero-order chi connectivity index (χ0) is 25.3. The van der Waals surface area contributed by atoms with Gasteiger partial charge in [-0.05, 0) is 11.6 Å². The maximum atomic E-state index is 13.5. The molecule has 1 saturated heterocycles. The molecule has 6 heteroatoms. The lowest BCUT2D eigenvalue weighted by Crippen LogP contribution is -2.42. The number of rotatable bonds is 5. The minimum absolute atomic E-state index is 0.169. The van der Waals surface area contributed by atoms with Crippen LogP contribution in [0.15, 0.2) is 107 Å². The van der Waals surface area contributed by atoms with E-state index in [4.69, 9.17) is 13.9 Å². The highest BCUT2D eigenvalue weighted by molar-refractivity contribution is 6.23. The smallest absolute Gasteiger partial charge is 0.349 e. The molecule has 178 valence electrons. The van der Waals surface area contributed by atoms with Gasteiger partial charge in [-0.3, -0.25) is 4.79 Å². The Morgan fingerprint density at radius 2 is 1.19 bits per heavy atom. The van der Waals surface area contributed by atoms with Crippen molar-refractivity contribution in [1.82, 2.24) is 0 Å². The highest BCUT2D eigenvalue weighted by Gasteiger charge is 2.42. The molecule has 0 N–H and O–H groups in total. The largest absolute Gasteiger partial charge is 0.455 e. The van der Waals surface area contributed by atoms with Gasteiger partial charge in [0.25, 0.3) is 5.79 Å². The van der Waals surface area contributed by atoms with Crippen LogP contribution in [0.3, 0.4) is 0 Å². The van der Waals surface area contributed by atoms with Crippen LogP contribution in [0, 0.1) is 0 Å². The first-order chi connectivity index (χ1) is 17.3. The standard InChI is InChI=1S/C30H22O6/c1-30(2)35-28(32)25(29(33)36-30)24(19-12-6-3-7-13-19)23-18-22(26(31)20-14-8-4-9-15-20)27(34-23)21-16-10-5-11-17-21/h3-18H,1-2H3. The van der Waals surface area contributed by atoms with E-state index in [1.54, 1.807) is 54.6 Å². The summed E-state index contributed by atoms with van der Waals surface area (Å²) in [4.78, 5) is 39.6. The van der Waals surface area contributed by atoms with Crippen molar-refractivity contribution < 1.29 is 28.3 Å². The van der Waals surface area contributed by atoms with Crippen LogP contribution in [0.2, 0.25) is 0 Å². The van der Waals surface area contributed by atoms with Crippen molar-refractivity contribution in [3.8, 4) is 11.3 Å². The van der Waals surface area contributed by atoms with Gasteiger partial charge in [-0.15, -0.1) is 0 Å². The lowest BCUT2D eigenvalue weighted by molar-refractivity contribution is -0.222. The summed E-state index contributed by atoms with van der Waals surface area (Å²) >= 11 is 0. The number of cyclic esters (lactones) is 2. The predicted molar refractivity (Wildman–Crippen MR) is 133 cm³/mol. The summed E-state index contributed by atoms with van der Waals surface area (Å²) in [5, 5.41) is 0. The maximum absolute atomic E-state index is 13.5. The third-order valence-electron chi connectivity index (χ3n) is 5.69. The quantitative estimate of drug-likeness (QED) is 0.156. The molecule has 0 radical (unpaired) electrons. The monoisotopic (exact) mass is 478 g/mol. The summed E-state index contributed by atoms with van der Waals surface area (Å²) in [7, 11) is 0. The van der Waals surface area contributed by atoms with Crippen molar-refractivity contribution in [2.45, 2.75) is 19.6 Å². The van der Waals surface area contributed by atoms with E-state index in [2.05, 4.69) is 0 Å². The summed E-state index contributed by atoms with van der Waals surface area (Å²) in [6.07, 6.45) is 0. The molecule has 0 atom stereocenters. The zero-order valence-corrected chi connectivity index (χ0v) is 19.7. The Hall–Kier alpha value is -4.71. The average Bonchev–Trinajstić information content (AvgIpc) is 3.31. The molecule has 5 rings (SSSR count). The van der Waals surface area contributed by atoms with Gasteiger partial charge in [0.05, 0.1) is 5.56 Å². The predicted octanol–water partition coefficient (Wildman–Crippen LogP) is 5.82. The Morgan fingerprint density at radius 1 is 0.694 bits per heavy atom. The van der Waals surface area contributed by atoms with Crippen molar-refractivity contribution in [3.63, 3.8) is 0 Å². The Bertz CT molecular complexity index is 1460. The van der Waals surface area contributed by atoms with Crippen LogP contribution in [0.4, 0.5) is 0 Å². The highest BCUT2D eigenvalue weighted by Crippen LogP contribution is 2.38. The molecule has 1 aromatic heterocycles. The fourth-order valence-corrected chi connectivity index (χ4v) is 4.10. The van der Waals surface area contributed by atoms with E-state index in [-0.39, 0.29) is 22.7 Å². The van der Waals surface area contributed by atoms with E-state index in [0.717, 1.165) is 0 Å². The number of hydrogen-bond donors (Lipinski definition) is 0. The molecule has 0 bridgehead atoms. The number of carbonyl (C=O) groups excluding carboxylic acids is 3. The number of hydrogen-bond acceptors (Lipinski definition) is 6. The second-order valence-electron chi connectivity index (χ2n) is 8.71. The van der Waals surface area contributed by atoms with E-state index < -0.39 is 17.7 Å². The van der Waals surface area contributed by atoms with Gasteiger partial charge in [-0.1, -0.05) is 91.0 Å². The molecule has 0 aliphatic carbocycles. The minimum Gasteiger partial charge on any atom is -0.455 e. The summed E-state index contributed by atoms with van der Waals surface area (Å²) < 4.78 is 17.0. The molecule has 3 aromatic carbocycles. The molecule has 0 amide bonds. The summed E-state index contributed by atoms with van der Waals surface area (Å²) in [5.74, 6) is -2.81. The van der Waals surface area contributed by atoms with E-state index in [9.17, 15) is 14.4 Å². The molecule has 1 aliphatic rings. The van der Waals surface area contributed by atoms with Crippen LogP contribution in [0.5, 0.6) is 0 Å². The van der Waals surface area contributed by atoms with Gasteiger partial charge in [0, 0.05) is 30.5 Å². The van der Waals surface area contributed by atoms with E-state index >= 15 is 0 Å². The van der Waals surface area contributed by atoms with Gasteiger partial charge in [-0.2, -0.15) is 0 Å². The lowest BCUT2D eigenvalue weighted by Gasteiger charge is -2.30. The van der Waals surface area contributed by atoms with E-state index in [0.29, 0.717) is 28.0 Å². The van der Waals surface area contributed by atoms with Gasteiger partial charge in [0.1, 0.15) is 11.5 Å². The Labute approximate surface area is 207 Å². The number of benzene rings is 3. The molecular weight excluding hydrogens is 456 g/mol. The molecule has 2 heterocycles. The third kappa shape index (κ3) is 4.36. The second kappa shape index (κ2) is 9.15. The van der Waals surface area contributed by atoms with E-state index in [1.807, 2.05) is 42.5 Å². The summed E-state index contributed by atoms with van der Waals surface area (Å²) in [6.45, 7) is 2.97. The number of esters is 2. The molecule has 1 fully saturated rings. The van der Waals surface area contributed by atoms with Gasteiger partial charge in [0.2, 0.25) is 0 Å². The molecular formula is C30H22O6. The third-order valence-corrected chi connectivity index (χ3v) is 5.69. The SMILES string of the molecule is CC1(C)OC(=O)C(=C(c2ccccc2)c2cc(C(=O)c3ccccc3)c(-c3ccccc3)o2)C(=O)O1. The molecule has 36 heavy (non-hydrogen) atoms. The number of carbonyl (C=O) groups is 3. The van der Waals surface area contributed by atoms with Gasteiger partial charge in [0.15, 0.2) is 11.4 Å². The van der Waals surface area contributed by atoms with Gasteiger partial charge >= 0.3 is 11.9 Å². The molecule has 4 aromatic rings. The number of furan rings is 1. The highest BCUT2D eigenvalue weighted by atomic mass is 16.7. The Morgan fingerprint density at radius 3 is 1.75 bits per heavy atom. The molecule has 0 saturated carbocycles. The van der Waals surface area contributed by atoms with Crippen molar-refractivity contribution in [1.29, 1.82) is 0 Å². The minimum atomic E-state index is -1.40. The molecule has 0 spiro atoms. The van der Waals surface area contributed by atoms with Crippen LogP contribution in [0.1, 0.15) is 41.1 Å². The number of ketones is 1. The van der Waals surface area contributed by atoms with Gasteiger partial charge < -0.3 is 13.9 Å². The number of ether oxygens (including phenoxy) is 2. The van der Waals surface area contributed by atoms with Crippen LogP contribution in [-0.2, 0) is 19.1 Å². The lowest BCUT2D eigenvalue weighted by atomic mass is 9.95. The average molecular weight is 479 g/mol. The first-order valence-electron chi connectivity index (χ1n) is 11.4. The maximum Gasteiger partial charge on any atom is 0.349 e. The fraction of sp³-hybridized carbons (Fsp3) is 0.100. The first kappa shape index (κ1) is 23.1. The van der Waals surface area contributed by atoms with Crippen LogP contribution >= 0.6 is 0 Å². The van der Waals surface area contributed by atoms with Gasteiger partial charge in [-0.25, -0.2) is 9.59 Å². The van der Waals surface area contributed by atoms with Crippen LogP contribution < -0.4 is 0 Å². The van der Waals surface area contributed by atoms with Crippen LogP contribution in [-0.4, -0.2) is 23.5 Å². The summed E-state index contributed by atoms with van der Waals surface area (Å²) in [5.41, 5.74) is 1.88. The topological polar surface area (TPSA) is 82.8 Å². The zero-order valence-electron chi connectivity index (χ0n) is 19.7. The van der Waals surface area contributed by atoms with Crippen molar-refractivity contribution in [3.05, 3.63) is 125 Å². The summed E-state index contributed by atoms with van der Waals surface area (Å²) in [6, 6.07) is 28.4. The fourth-order valence-electron chi connectivity index (χ4n) is 4.10.